The number of hydrogen-bond acceptors (Lipinski definition) is 0. The van der Waals surface area contributed by atoms with E-state index < -0.39 is 0 Å². The number of rotatable bonds is 1. The highest BCUT2D eigenvalue weighted by Gasteiger charge is 2.15. The summed E-state index contributed by atoms with van der Waals surface area (Å²) in [7, 11) is 2.12. The lowest BCUT2D eigenvalue weighted by Crippen LogP contribution is -1.93. The molecule has 1 heterocycles. The molecule has 0 saturated heterocycles. The molecule has 80 valence electrons. The Bertz CT molecular complexity index is 573. The van der Waals surface area contributed by atoms with Gasteiger partial charge in [0.05, 0.1) is 0 Å². The predicted molar refractivity (Wildman–Crippen MR) is 68.2 cm³/mol. The molecule has 1 aliphatic carbocycles. The zero-order valence-electron chi connectivity index (χ0n) is 9.70. The van der Waals surface area contributed by atoms with E-state index in [0.29, 0.717) is 0 Å². The second-order valence-corrected chi connectivity index (χ2v) is 4.56. The molecule has 0 N–H and O–H groups in total. The van der Waals surface area contributed by atoms with E-state index in [-0.39, 0.29) is 0 Å². The van der Waals surface area contributed by atoms with Gasteiger partial charge in [-0.2, -0.15) is 0 Å². The first-order valence-corrected chi connectivity index (χ1v) is 5.66. The van der Waals surface area contributed by atoms with Gasteiger partial charge in [-0.25, -0.2) is 0 Å². The Hall–Kier alpha value is -1.76. The summed E-state index contributed by atoms with van der Waals surface area (Å²) in [5, 5.41) is 0. The normalized spacial score (nSPS) is 13.8. The summed E-state index contributed by atoms with van der Waals surface area (Å²) in [6.07, 6.45) is 5.55. The summed E-state index contributed by atoms with van der Waals surface area (Å²) in [6, 6.07) is 10.9. The minimum Gasteiger partial charge on any atom is -0.351 e. The minimum absolute atomic E-state index is 1.06. The maximum atomic E-state index is 2.31. The summed E-state index contributed by atoms with van der Waals surface area (Å²) in [5.74, 6) is 0. The fraction of sp³-hybridized carbons (Fsp3) is 0.200. The van der Waals surface area contributed by atoms with E-state index in [9.17, 15) is 0 Å². The smallest absolute Gasteiger partial charge is 0.0442 e. The maximum absolute atomic E-state index is 2.31. The fourth-order valence-corrected chi connectivity index (χ4v) is 2.49. The van der Waals surface area contributed by atoms with Gasteiger partial charge >= 0.3 is 0 Å². The van der Waals surface area contributed by atoms with Crippen molar-refractivity contribution in [2.75, 3.05) is 0 Å². The Balaban J connectivity index is 2.04. The van der Waals surface area contributed by atoms with Crippen LogP contribution in [0.25, 0.3) is 11.6 Å². The van der Waals surface area contributed by atoms with Crippen molar-refractivity contribution < 1.29 is 0 Å². The second kappa shape index (κ2) is 3.38. The lowest BCUT2D eigenvalue weighted by atomic mass is 10.1. The molecule has 1 heteroatoms. The number of aryl methyl sites for hydroxylation is 2. The molecule has 0 fully saturated rings. The summed E-state index contributed by atoms with van der Waals surface area (Å²) in [6.45, 7) is 2.14. The van der Waals surface area contributed by atoms with Crippen LogP contribution in [0.4, 0.5) is 0 Å². The van der Waals surface area contributed by atoms with Crippen LogP contribution in [0.15, 0.2) is 36.5 Å². The quantitative estimate of drug-likeness (QED) is 0.678. The van der Waals surface area contributed by atoms with E-state index in [4.69, 9.17) is 0 Å². The topological polar surface area (TPSA) is 4.93 Å². The molecular formula is C15H15N. The standard InChI is InChI=1S/C15H15N/c1-11-7-15(16(2)10-11)14-8-12-5-3-4-6-13(12)9-14/h3-8,10H,9H2,1-2H3. The van der Waals surface area contributed by atoms with Gasteiger partial charge in [-0.3, -0.25) is 0 Å². The summed E-state index contributed by atoms with van der Waals surface area (Å²) in [5.41, 5.74) is 6.91. The highest BCUT2D eigenvalue weighted by molar-refractivity contribution is 5.87. The van der Waals surface area contributed by atoms with Crippen molar-refractivity contribution in [1.82, 2.24) is 4.57 Å². The van der Waals surface area contributed by atoms with Gasteiger partial charge in [0, 0.05) is 25.4 Å². The molecule has 0 bridgehead atoms. The lowest BCUT2D eigenvalue weighted by Gasteiger charge is -2.03. The van der Waals surface area contributed by atoms with Gasteiger partial charge in [0.25, 0.3) is 0 Å². The Morgan fingerprint density at radius 3 is 2.69 bits per heavy atom. The average Bonchev–Trinajstić information content (AvgIpc) is 2.81. The van der Waals surface area contributed by atoms with E-state index in [0.717, 1.165) is 6.42 Å². The third kappa shape index (κ3) is 1.40. The molecule has 1 aromatic heterocycles. The molecular weight excluding hydrogens is 194 g/mol. The number of aromatic nitrogens is 1. The summed E-state index contributed by atoms with van der Waals surface area (Å²) >= 11 is 0. The number of fused-ring (bicyclic) bond motifs is 1. The summed E-state index contributed by atoms with van der Waals surface area (Å²) < 4.78 is 2.22. The van der Waals surface area contributed by atoms with E-state index in [2.05, 4.69) is 61.1 Å². The second-order valence-electron chi connectivity index (χ2n) is 4.56. The molecule has 3 rings (SSSR count). The van der Waals surface area contributed by atoms with Gasteiger partial charge in [0.1, 0.15) is 0 Å². The zero-order chi connectivity index (χ0) is 11.1. The van der Waals surface area contributed by atoms with Crippen LogP contribution in [0.5, 0.6) is 0 Å². The molecule has 0 aliphatic heterocycles. The van der Waals surface area contributed by atoms with Gasteiger partial charge in [-0.05, 0) is 41.3 Å². The Morgan fingerprint density at radius 1 is 1.19 bits per heavy atom. The third-order valence-corrected chi connectivity index (χ3v) is 3.24. The minimum atomic E-state index is 1.06. The molecule has 0 unspecified atom stereocenters. The van der Waals surface area contributed by atoms with Crippen molar-refractivity contribution in [3.8, 4) is 0 Å². The molecule has 16 heavy (non-hydrogen) atoms. The first-order chi connectivity index (χ1) is 7.74. The van der Waals surface area contributed by atoms with Gasteiger partial charge in [-0.1, -0.05) is 24.3 Å². The van der Waals surface area contributed by atoms with Crippen molar-refractivity contribution in [2.24, 2.45) is 7.05 Å². The van der Waals surface area contributed by atoms with Crippen molar-refractivity contribution in [3.63, 3.8) is 0 Å². The Labute approximate surface area is 96.0 Å². The predicted octanol–water partition coefficient (Wildman–Crippen LogP) is 3.43. The average molecular weight is 209 g/mol. The van der Waals surface area contributed by atoms with E-state index in [1.807, 2.05) is 0 Å². The largest absolute Gasteiger partial charge is 0.351 e. The van der Waals surface area contributed by atoms with Crippen LogP contribution < -0.4 is 0 Å². The Morgan fingerprint density at radius 2 is 2.00 bits per heavy atom. The molecule has 1 aliphatic rings. The van der Waals surface area contributed by atoms with Crippen molar-refractivity contribution >= 4 is 11.6 Å². The summed E-state index contributed by atoms with van der Waals surface area (Å²) in [4.78, 5) is 0. The number of benzene rings is 1. The zero-order valence-corrected chi connectivity index (χ0v) is 9.70. The third-order valence-electron chi connectivity index (χ3n) is 3.24. The Kier molecular flexibility index (Phi) is 2.00. The lowest BCUT2D eigenvalue weighted by molar-refractivity contribution is 0.903. The number of allylic oxidation sites excluding steroid dienone is 1. The van der Waals surface area contributed by atoms with Gasteiger partial charge in [-0.15, -0.1) is 0 Å². The van der Waals surface area contributed by atoms with E-state index in [1.54, 1.807) is 0 Å². The molecule has 0 saturated carbocycles. The van der Waals surface area contributed by atoms with Crippen molar-refractivity contribution in [2.45, 2.75) is 13.3 Å². The number of nitrogens with zero attached hydrogens (tertiary/aromatic N) is 1. The van der Waals surface area contributed by atoms with E-state index in [1.165, 1.54) is 28.0 Å². The van der Waals surface area contributed by atoms with Crippen LogP contribution in [0, 0.1) is 6.92 Å². The molecule has 0 amide bonds. The highest BCUT2D eigenvalue weighted by atomic mass is 14.9. The van der Waals surface area contributed by atoms with Crippen LogP contribution >= 0.6 is 0 Å². The number of hydrogen-bond donors (Lipinski definition) is 0. The van der Waals surface area contributed by atoms with Crippen LogP contribution in [-0.2, 0) is 13.5 Å². The van der Waals surface area contributed by atoms with E-state index >= 15 is 0 Å². The molecule has 0 spiro atoms. The first kappa shape index (κ1) is 9.46. The van der Waals surface area contributed by atoms with Gasteiger partial charge < -0.3 is 4.57 Å². The molecule has 1 nitrogen and oxygen atoms in total. The fourth-order valence-electron chi connectivity index (χ4n) is 2.49. The monoisotopic (exact) mass is 209 g/mol. The van der Waals surface area contributed by atoms with Crippen LogP contribution in [0.2, 0.25) is 0 Å². The van der Waals surface area contributed by atoms with Crippen LogP contribution in [-0.4, -0.2) is 4.57 Å². The maximum Gasteiger partial charge on any atom is 0.0442 e. The van der Waals surface area contributed by atoms with Crippen LogP contribution in [0.1, 0.15) is 22.4 Å². The molecule has 0 radical (unpaired) electrons. The van der Waals surface area contributed by atoms with Crippen molar-refractivity contribution in [3.05, 3.63) is 58.9 Å². The first-order valence-electron chi connectivity index (χ1n) is 5.66. The van der Waals surface area contributed by atoms with Crippen molar-refractivity contribution in [1.29, 1.82) is 0 Å². The molecule has 1 aromatic carbocycles. The van der Waals surface area contributed by atoms with Crippen LogP contribution in [0.3, 0.4) is 0 Å². The SMILES string of the molecule is Cc1cc(C2=Cc3ccccc3C2)n(C)c1. The van der Waals surface area contributed by atoms with Gasteiger partial charge in [0.15, 0.2) is 0 Å². The molecule has 2 aromatic rings. The van der Waals surface area contributed by atoms with Gasteiger partial charge in [0.2, 0.25) is 0 Å². The molecule has 0 atom stereocenters. The highest BCUT2D eigenvalue weighted by Crippen LogP contribution is 2.31.